The lowest BCUT2D eigenvalue weighted by Crippen LogP contribution is -2.58. The quantitative estimate of drug-likeness (QED) is 0.840. The molecule has 1 aromatic rings. The Hall–Kier alpha value is -1.23. The highest BCUT2D eigenvalue weighted by molar-refractivity contribution is 5.65. The molecule has 0 saturated heterocycles. The molecule has 2 rings (SSSR count). The van der Waals surface area contributed by atoms with E-state index in [4.69, 9.17) is 10.5 Å². The van der Waals surface area contributed by atoms with Crippen LogP contribution in [0.25, 0.3) is 0 Å². The van der Waals surface area contributed by atoms with Crippen molar-refractivity contribution < 1.29 is 4.74 Å². The lowest BCUT2D eigenvalue weighted by atomic mass is 9.64. The van der Waals surface area contributed by atoms with Crippen molar-refractivity contribution in [2.45, 2.75) is 59.1 Å². The third-order valence-electron chi connectivity index (χ3n) is 4.50. The first-order chi connectivity index (χ1) is 9.41. The molecule has 114 valence electrons. The van der Waals surface area contributed by atoms with Gasteiger partial charge in [-0.3, -0.25) is 4.68 Å². The first kappa shape index (κ1) is 15.2. The average Bonchev–Trinajstić information content (AvgIpc) is 2.65. The van der Waals surface area contributed by atoms with Crippen LogP contribution in [-0.2, 0) is 18.2 Å². The Morgan fingerprint density at radius 2 is 2.15 bits per heavy atom. The van der Waals surface area contributed by atoms with E-state index in [1.54, 1.807) is 0 Å². The van der Waals surface area contributed by atoms with Crippen molar-refractivity contribution in [1.29, 1.82) is 0 Å². The predicted octanol–water partition coefficient (Wildman–Crippen LogP) is 2.57. The highest BCUT2D eigenvalue weighted by atomic mass is 16.5. The van der Waals surface area contributed by atoms with Crippen LogP contribution < -0.4 is 11.1 Å². The molecular weight excluding hydrogens is 252 g/mol. The zero-order valence-electron chi connectivity index (χ0n) is 13.4. The molecule has 1 aromatic heterocycles. The van der Waals surface area contributed by atoms with Crippen LogP contribution in [0.2, 0.25) is 0 Å². The molecule has 5 nitrogen and oxygen atoms in total. The van der Waals surface area contributed by atoms with Crippen LogP contribution in [-0.4, -0.2) is 28.5 Å². The fourth-order valence-electron chi connectivity index (χ4n) is 2.97. The van der Waals surface area contributed by atoms with E-state index in [1.807, 2.05) is 18.7 Å². The number of nitrogens with one attached hydrogen (secondary N) is 1. The molecule has 1 aliphatic carbocycles. The third kappa shape index (κ3) is 2.51. The normalized spacial score (nSPS) is 24.4. The predicted molar refractivity (Wildman–Crippen MR) is 82.8 cm³/mol. The van der Waals surface area contributed by atoms with E-state index in [2.05, 4.69) is 31.2 Å². The fraction of sp³-hybridized carbons (Fsp3) is 0.800. The van der Waals surface area contributed by atoms with Gasteiger partial charge < -0.3 is 15.8 Å². The van der Waals surface area contributed by atoms with Crippen molar-refractivity contribution in [3.63, 3.8) is 0 Å². The topological polar surface area (TPSA) is 65.1 Å². The van der Waals surface area contributed by atoms with E-state index >= 15 is 0 Å². The molecule has 2 atom stereocenters. The SMILES string of the molecule is CCCc1nn(C)c(NC2CC(OCC)C2(C)C)c1N. The van der Waals surface area contributed by atoms with E-state index in [0.29, 0.717) is 12.1 Å². The van der Waals surface area contributed by atoms with E-state index in [1.165, 1.54) is 0 Å². The van der Waals surface area contributed by atoms with Crippen molar-refractivity contribution in [2.75, 3.05) is 17.7 Å². The first-order valence-electron chi connectivity index (χ1n) is 7.61. The van der Waals surface area contributed by atoms with Crippen LogP contribution in [0.5, 0.6) is 0 Å². The van der Waals surface area contributed by atoms with Gasteiger partial charge in [0, 0.05) is 25.1 Å². The second-order valence-corrected chi connectivity index (χ2v) is 6.28. The van der Waals surface area contributed by atoms with Crippen LogP contribution in [0.1, 0.15) is 46.2 Å². The molecule has 0 aromatic carbocycles. The van der Waals surface area contributed by atoms with Crippen molar-refractivity contribution in [3.8, 4) is 0 Å². The number of hydrogen-bond donors (Lipinski definition) is 2. The Morgan fingerprint density at radius 3 is 2.70 bits per heavy atom. The maximum atomic E-state index is 6.22. The molecule has 20 heavy (non-hydrogen) atoms. The molecule has 1 aliphatic rings. The van der Waals surface area contributed by atoms with Gasteiger partial charge in [-0.2, -0.15) is 5.10 Å². The first-order valence-corrected chi connectivity index (χ1v) is 7.61. The molecule has 0 bridgehead atoms. The van der Waals surface area contributed by atoms with E-state index < -0.39 is 0 Å². The van der Waals surface area contributed by atoms with Crippen molar-refractivity contribution >= 4 is 11.5 Å². The zero-order chi connectivity index (χ0) is 14.9. The number of aromatic nitrogens is 2. The molecule has 1 heterocycles. The lowest BCUT2D eigenvalue weighted by Gasteiger charge is -2.51. The Morgan fingerprint density at radius 1 is 1.45 bits per heavy atom. The summed E-state index contributed by atoms with van der Waals surface area (Å²) in [6.07, 6.45) is 3.34. The number of nitrogen functional groups attached to an aromatic ring is 1. The Balaban J connectivity index is 2.08. The second kappa shape index (κ2) is 5.64. The van der Waals surface area contributed by atoms with Gasteiger partial charge in [0.1, 0.15) is 5.82 Å². The molecule has 5 heteroatoms. The zero-order valence-corrected chi connectivity index (χ0v) is 13.4. The van der Waals surface area contributed by atoms with Crippen molar-refractivity contribution in [1.82, 2.24) is 9.78 Å². The highest BCUT2D eigenvalue weighted by Crippen LogP contribution is 2.45. The second-order valence-electron chi connectivity index (χ2n) is 6.28. The van der Waals surface area contributed by atoms with Crippen LogP contribution in [0.4, 0.5) is 11.5 Å². The van der Waals surface area contributed by atoms with Gasteiger partial charge in [-0.1, -0.05) is 27.2 Å². The number of hydrogen-bond acceptors (Lipinski definition) is 4. The van der Waals surface area contributed by atoms with Gasteiger partial charge in [0.25, 0.3) is 0 Å². The van der Waals surface area contributed by atoms with Crippen LogP contribution in [0.15, 0.2) is 0 Å². The summed E-state index contributed by atoms with van der Waals surface area (Å²) in [5.74, 6) is 0.946. The summed E-state index contributed by atoms with van der Waals surface area (Å²) in [7, 11) is 1.95. The number of anilines is 2. The smallest absolute Gasteiger partial charge is 0.148 e. The summed E-state index contributed by atoms with van der Waals surface area (Å²) in [5, 5.41) is 8.08. The minimum atomic E-state index is 0.123. The van der Waals surface area contributed by atoms with Gasteiger partial charge in [0.15, 0.2) is 0 Å². The van der Waals surface area contributed by atoms with Gasteiger partial charge in [-0.15, -0.1) is 0 Å². The van der Waals surface area contributed by atoms with Gasteiger partial charge >= 0.3 is 0 Å². The minimum absolute atomic E-state index is 0.123. The van der Waals surface area contributed by atoms with Gasteiger partial charge in [0.05, 0.1) is 17.5 Å². The summed E-state index contributed by atoms with van der Waals surface area (Å²) in [6.45, 7) is 9.45. The molecule has 2 unspecified atom stereocenters. The summed E-state index contributed by atoms with van der Waals surface area (Å²) in [6, 6.07) is 0.381. The van der Waals surface area contributed by atoms with Crippen LogP contribution in [0, 0.1) is 5.41 Å². The average molecular weight is 280 g/mol. The molecule has 0 spiro atoms. The standard InChI is InChI=1S/C15H28N4O/c1-6-8-10-13(16)14(19(5)18-10)17-11-9-12(20-7-2)15(11,3)4/h11-12,17H,6-9,16H2,1-5H3. The monoisotopic (exact) mass is 280 g/mol. The summed E-state index contributed by atoms with van der Waals surface area (Å²) >= 11 is 0. The van der Waals surface area contributed by atoms with Crippen LogP contribution in [0.3, 0.4) is 0 Å². The maximum Gasteiger partial charge on any atom is 0.148 e. The Bertz CT molecular complexity index is 467. The number of rotatable bonds is 6. The van der Waals surface area contributed by atoms with Crippen LogP contribution >= 0.6 is 0 Å². The van der Waals surface area contributed by atoms with Gasteiger partial charge in [0.2, 0.25) is 0 Å². The largest absolute Gasteiger partial charge is 0.394 e. The maximum absolute atomic E-state index is 6.22. The summed E-state index contributed by atoms with van der Waals surface area (Å²) in [4.78, 5) is 0. The Labute approximate surface area is 121 Å². The van der Waals surface area contributed by atoms with E-state index in [-0.39, 0.29) is 5.41 Å². The van der Waals surface area contributed by atoms with E-state index in [9.17, 15) is 0 Å². The number of nitrogens with zero attached hydrogens (tertiary/aromatic N) is 2. The number of aryl methyl sites for hydroxylation is 2. The van der Waals surface area contributed by atoms with Crippen molar-refractivity contribution in [3.05, 3.63) is 5.69 Å². The molecule has 0 aliphatic heterocycles. The highest BCUT2D eigenvalue weighted by Gasteiger charge is 2.49. The molecule has 1 fully saturated rings. The molecular formula is C15H28N4O. The third-order valence-corrected chi connectivity index (χ3v) is 4.50. The molecule has 0 amide bonds. The summed E-state index contributed by atoms with van der Waals surface area (Å²) in [5.41, 5.74) is 8.14. The Kier molecular flexibility index (Phi) is 4.28. The number of ether oxygens (including phenoxy) is 1. The minimum Gasteiger partial charge on any atom is -0.394 e. The fourth-order valence-corrected chi connectivity index (χ4v) is 2.97. The lowest BCUT2D eigenvalue weighted by molar-refractivity contribution is -0.0977. The van der Waals surface area contributed by atoms with E-state index in [0.717, 1.165) is 43.1 Å². The van der Waals surface area contributed by atoms with Gasteiger partial charge in [-0.05, 0) is 19.8 Å². The van der Waals surface area contributed by atoms with Crippen molar-refractivity contribution in [2.24, 2.45) is 12.5 Å². The van der Waals surface area contributed by atoms with Gasteiger partial charge in [-0.25, -0.2) is 0 Å². The molecule has 3 N–H and O–H groups in total. The molecule has 1 saturated carbocycles. The number of nitrogens with two attached hydrogens (primary N) is 1. The molecule has 0 radical (unpaired) electrons. The summed E-state index contributed by atoms with van der Waals surface area (Å²) < 4.78 is 7.64.